The van der Waals surface area contributed by atoms with Crippen LogP contribution in [0, 0.1) is 0 Å². The predicted molar refractivity (Wildman–Crippen MR) is 67.9 cm³/mol. The Morgan fingerprint density at radius 2 is 1.58 bits per heavy atom. The normalized spacial score (nSPS) is 9.47. The molecule has 1 aromatic heterocycles. The fourth-order valence-corrected chi connectivity index (χ4v) is 1.30. The number of pyridine rings is 1. The molecule has 0 aliphatic heterocycles. The SMILES string of the molecule is O=C(O)CCC(=O)O.Oc1cccc2cccnc12. The Hall–Kier alpha value is -2.63. The molecule has 100 valence electrons. The summed E-state index contributed by atoms with van der Waals surface area (Å²) in [5.41, 5.74) is 0.662. The summed E-state index contributed by atoms with van der Waals surface area (Å²) in [5.74, 6) is -1.91. The van der Waals surface area contributed by atoms with Gasteiger partial charge in [0.05, 0.1) is 12.8 Å². The quantitative estimate of drug-likeness (QED) is 0.780. The van der Waals surface area contributed by atoms with Crippen LogP contribution in [-0.2, 0) is 9.59 Å². The first-order chi connectivity index (χ1) is 9.00. The van der Waals surface area contributed by atoms with Crippen molar-refractivity contribution >= 4 is 22.8 Å². The number of carbonyl (C=O) groups is 2. The topological polar surface area (TPSA) is 108 Å². The maximum Gasteiger partial charge on any atom is 0.303 e. The number of benzene rings is 1. The highest BCUT2D eigenvalue weighted by atomic mass is 16.4. The predicted octanol–water partition coefficient (Wildman–Crippen LogP) is 1.88. The van der Waals surface area contributed by atoms with E-state index in [1.54, 1.807) is 18.3 Å². The number of phenols is 1. The van der Waals surface area contributed by atoms with E-state index in [9.17, 15) is 14.7 Å². The second kappa shape index (κ2) is 6.95. The largest absolute Gasteiger partial charge is 0.506 e. The smallest absolute Gasteiger partial charge is 0.303 e. The minimum absolute atomic E-state index is 0.239. The molecule has 0 fully saturated rings. The third kappa shape index (κ3) is 5.03. The van der Waals surface area contributed by atoms with Gasteiger partial charge in [0.1, 0.15) is 11.3 Å². The lowest BCUT2D eigenvalue weighted by molar-refractivity contribution is -0.143. The highest BCUT2D eigenvalue weighted by molar-refractivity contribution is 5.83. The molecule has 0 aliphatic carbocycles. The molecule has 0 saturated carbocycles. The average Bonchev–Trinajstić information content (AvgIpc) is 2.38. The fraction of sp³-hybridized carbons (Fsp3) is 0.154. The van der Waals surface area contributed by atoms with Crippen molar-refractivity contribution in [3.05, 3.63) is 36.5 Å². The maximum absolute atomic E-state index is 9.64. The molecule has 0 unspecified atom stereocenters. The van der Waals surface area contributed by atoms with Crippen LogP contribution in [0.4, 0.5) is 0 Å². The second-order valence-corrected chi connectivity index (χ2v) is 3.64. The van der Waals surface area contributed by atoms with Crippen molar-refractivity contribution in [2.24, 2.45) is 0 Å². The van der Waals surface area contributed by atoms with Gasteiger partial charge in [-0.25, -0.2) is 0 Å². The third-order valence-electron chi connectivity index (χ3n) is 2.16. The standard InChI is InChI=1S/C9H7NO.C4H6O4/c11-8-5-1-3-7-4-2-6-10-9(7)8;5-3(6)1-2-4(7)8/h1-6,11H;1-2H2,(H,5,6)(H,7,8). The molecule has 19 heavy (non-hydrogen) atoms. The molecule has 3 N–H and O–H groups in total. The summed E-state index contributed by atoms with van der Waals surface area (Å²) in [7, 11) is 0. The summed E-state index contributed by atoms with van der Waals surface area (Å²) in [6, 6.07) is 9.13. The molecule has 0 atom stereocenters. The van der Waals surface area contributed by atoms with Crippen LogP contribution in [-0.4, -0.2) is 32.2 Å². The molecule has 0 bridgehead atoms. The van der Waals surface area contributed by atoms with Crippen molar-refractivity contribution in [2.75, 3.05) is 0 Å². The number of carboxylic acids is 2. The van der Waals surface area contributed by atoms with Crippen LogP contribution in [0.15, 0.2) is 36.5 Å². The van der Waals surface area contributed by atoms with E-state index < -0.39 is 11.9 Å². The summed E-state index contributed by atoms with van der Waals surface area (Å²) >= 11 is 0. The Morgan fingerprint density at radius 1 is 1.00 bits per heavy atom. The van der Waals surface area contributed by atoms with E-state index in [-0.39, 0.29) is 18.6 Å². The van der Waals surface area contributed by atoms with Crippen molar-refractivity contribution in [2.45, 2.75) is 12.8 Å². The van der Waals surface area contributed by atoms with Gasteiger partial charge in [0.25, 0.3) is 0 Å². The number of fused-ring (bicyclic) bond motifs is 1. The van der Waals surface area contributed by atoms with Crippen LogP contribution in [0.25, 0.3) is 10.9 Å². The number of aromatic hydroxyl groups is 1. The zero-order valence-electron chi connectivity index (χ0n) is 9.98. The van der Waals surface area contributed by atoms with Gasteiger partial charge in [-0.1, -0.05) is 18.2 Å². The number of aliphatic carboxylic acids is 2. The highest BCUT2D eigenvalue weighted by Crippen LogP contribution is 2.20. The Balaban J connectivity index is 0.000000203. The van der Waals surface area contributed by atoms with E-state index in [1.807, 2.05) is 18.2 Å². The first-order valence-corrected chi connectivity index (χ1v) is 5.47. The summed E-state index contributed by atoms with van der Waals surface area (Å²) in [4.78, 5) is 23.3. The van der Waals surface area contributed by atoms with Crippen LogP contribution < -0.4 is 0 Å². The van der Waals surface area contributed by atoms with Crippen molar-refractivity contribution in [3.8, 4) is 5.75 Å². The van der Waals surface area contributed by atoms with Gasteiger partial charge in [-0.05, 0) is 12.1 Å². The van der Waals surface area contributed by atoms with E-state index in [1.165, 1.54) is 0 Å². The fourth-order valence-electron chi connectivity index (χ4n) is 1.30. The summed E-state index contributed by atoms with van der Waals surface area (Å²) in [5, 5.41) is 26.1. The van der Waals surface area contributed by atoms with Crippen molar-refractivity contribution < 1.29 is 24.9 Å². The molecule has 0 radical (unpaired) electrons. The van der Waals surface area contributed by atoms with Crippen LogP contribution in [0.1, 0.15) is 12.8 Å². The molecule has 0 amide bonds. The molecular weight excluding hydrogens is 250 g/mol. The number of para-hydroxylation sites is 1. The average molecular weight is 263 g/mol. The number of hydrogen-bond donors (Lipinski definition) is 3. The molecule has 1 heterocycles. The molecule has 2 aromatic rings. The number of nitrogens with zero attached hydrogens (tertiary/aromatic N) is 1. The van der Waals surface area contributed by atoms with Gasteiger partial charge in [-0.3, -0.25) is 14.6 Å². The summed E-state index contributed by atoms with van der Waals surface area (Å²) < 4.78 is 0. The van der Waals surface area contributed by atoms with Gasteiger partial charge >= 0.3 is 11.9 Å². The second-order valence-electron chi connectivity index (χ2n) is 3.64. The van der Waals surface area contributed by atoms with Gasteiger partial charge in [0.2, 0.25) is 0 Å². The van der Waals surface area contributed by atoms with E-state index in [0.29, 0.717) is 5.52 Å². The first kappa shape index (κ1) is 14.4. The van der Waals surface area contributed by atoms with Crippen molar-refractivity contribution in [3.63, 3.8) is 0 Å². The van der Waals surface area contributed by atoms with E-state index >= 15 is 0 Å². The van der Waals surface area contributed by atoms with Gasteiger partial charge in [-0.15, -0.1) is 0 Å². The first-order valence-electron chi connectivity index (χ1n) is 5.47. The van der Waals surface area contributed by atoms with Crippen LogP contribution >= 0.6 is 0 Å². The minimum atomic E-state index is -1.08. The summed E-state index contributed by atoms with van der Waals surface area (Å²) in [6.07, 6.45) is 1.08. The van der Waals surface area contributed by atoms with Gasteiger partial charge in [-0.2, -0.15) is 0 Å². The van der Waals surface area contributed by atoms with Crippen molar-refractivity contribution in [1.29, 1.82) is 0 Å². The van der Waals surface area contributed by atoms with Crippen LogP contribution in [0.2, 0.25) is 0 Å². The lowest BCUT2D eigenvalue weighted by atomic mass is 10.2. The number of phenolic OH excluding ortho intramolecular Hbond substituents is 1. The lowest BCUT2D eigenvalue weighted by Crippen LogP contribution is -2.00. The zero-order valence-corrected chi connectivity index (χ0v) is 9.98. The Morgan fingerprint density at radius 3 is 2.11 bits per heavy atom. The Bertz CT molecular complexity index is 563. The van der Waals surface area contributed by atoms with Gasteiger partial charge in [0.15, 0.2) is 0 Å². The van der Waals surface area contributed by atoms with Crippen LogP contribution in [0.3, 0.4) is 0 Å². The molecule has 1 aromatic carbocycles. The van der Waals surface area contributed by atoms with E-state index in [4.69, 9.17) is 10.2 Å². The monoisotopic (exact) mass is 263 g/mol. The number of rotatable bonds is 3. The summed E-state index contributed by atoms with van der Waals surface area (Å²) in [6.45, 7) is 0. The zero-order chi connectivity index (χ0) is 14.3. The van der Waals surface area contributed by atoms with Gasteiger partial charge in [0, 0.05) is 11.6 Å². The maximum atomic E-state index is 9.64. The number of carboxylic acid groups (broad SMARTS) is 2. The van der Waals surface area contributed by atoms with Gasteiger partial charge < -0.3 is 15.3 Å². The molecule has 2 rings (SSSR count). The Labute approximate surface area is 109 Å². The third-order valence-corrected chi connectivity index (χ3v) is 2.16. The number of hydrogen-bond acceptors (Lipinski definition) is 4. The van der Waals surface area contributed by atoms with E-state index in [2.05, 4.69) is 4.98 Å². The molecule has 0 aliphatic rings. The number of aromatic nitrogens is 1. The Kier molecular flexibility index (Phi) is 5.28. The molecule has 6 nitrogen and oxygen atoms in total. The highest BCUT2D eigenvalue weighted by Gasteiger charge is 2.00. The molecule has 6 heteroatoms. The minimum Gasteiger partial charge on any atom is -0.506 e. The molecule has 0 saturated heterocycles. The lowest BCUT2D eigenvalue weighted by Gasteiger charge is -1.96. The molecule has 0 spiro atoms. The molecular formula is C13H13NO5. The van der Waals surface area contributed by atoms with Crippen LogP contribution in [0.5, 0.6) is 5.75 Å². The van der Waals surface area contributed by atoms with Crippen molar-refractivity contribution in [1.82, 2.24) is 4.98 Å². The van der Waals surface area contributed by atoms with E-state index in [0.717, 1.165) is 5.39 Å².